The summed E-state index contributed by atoms with van der Waals surface area (Å²) in [7, 11) is 5.91. The first kappa shape index (κ1) is 52.4. The number of halogens is 2. The van der Waals surface area contributed by atoms with Crippen molar-refractivity contribution in [3.05, 3.63) is 243 Å². The molecule has 8 aromatic carbocycles. The van der Waals surface area contributed by atoms with Crippen molar-refractivity contribution < 1.29 is 15.9 Å². The Balaban J connectivity index is 0.00000216. The van der Waals surface area contributed by atoms with Crippen LogP contribution in [0, 0.1) is 0 Å². The van der Waals surface area contributed by atoms with Crippen LogP contribution in [0.25, 0.3) is 0 Å². The fourth-order valence-electron chi connectivity index (χ4n) is 8.96. The van der Waals surface area contributed by atoms with E-state index in [0.29, 0.717) is 0 Å². The maximum Gasteiger partial charge on any atom is 0.0999 e. The first-order valence-electron chi connectivity index (χ1n) is 23.4. The molecule has 0 N–H and O–H groups in total. The largest absolute Gasteiger partial charge is 0.0999 e. The molecule has 0 aliphatic rings. The average Bonchev–Trinajstić information content (AvgIpc) is 3.40. The van der Waals surface area contributed by atoms with Crippen LogP contribution in [0.1, 0.15) is 0 Å². The molecule has 0 heterocycles. The molecule has 0 aromatic heterocycles. The fraction of sp³-hybridized carbons (Fsp3) is 0.172. The zero-order valence-electron chi connectivity index (χ0n) is 38.2. The monoisotopic (exact) mass is 1200 g/mol. The summed E-state index contributed by atoms with van der Waals surface area (Å²) < 4.78 is 0. The Kier molecular flexibility index (Phi) is 23.7. The number of benzene rings is 8. The average molecular weight is 1200 g/mol. The van der Waals surface area contributed by atoms with Crippen LogP contribution < -0.4 is 42.4 Å². The van der Waals surface area contributed by atoms with Crippen molar-refractivity contribution in [1.82, 2.24) is 0 Å². The van der Waals surface area contributed by atoms with E-state index in [-0.39, 0.29) is 0 Å². The van der Waals surface area contributed by atoms with E-state index >= 15 is 0 Å². The molecule has 0 saturated heterocycles. The van der Waals surface area contributed by atoms with Crippen LogP contribution >= 0.6 is 66.6 Å². The van der Waals surface area contributed by atoms with Gasteiger partial charge in [0.15, 0.2) is 0 Å². The van der Waals surface area contributed by atoms with E-state index in [2.05, 4.69) is 243 Å². The zero-order valence-corrected chi connectivity index (χ0v) is 48.2. The van der Waals surface area contributed by atoms with Gasteiger partial charge in [0.05, 0.1) is 86.4 Å². The summed E-state index contributed by atoms with van der Waals surface area (Å²) in [6.45, 7) is 0. The minimum atomic E-state index is -0.892. The van der Waals surface area contributed by atoms with E-state index in [0.717, 1.165) is 0 Å². The van der Waals surface area contributed by atoms with E-state index in [1.54, 1.807) is 21.2 Å². The van der Waals surface area contributed by atoms with Crippen molar-refractivity contribution in [2.24, 2.45) is 0 Å². The quantitative estimate of drug-likeness (QED) is 0.0560. The first-order chi connectivity index (χ1) is 33.2. The summed E-state index contributed by atoms with van der Waals surface area (Å²) in [5, 5.41) is 12.4. The molecule has 0 fully saturated rings. The van der Waals surface area contributed by atoms with Crippen LogP contribution in [-0.2, 0) is 15.9 Å². The second-order valence-corrected chi connectivity index (χ2v) is 36.4. The molecule has 0 bridgehead atoms. The molecule has 0 amide bonds. The Morgan fingerprint density at radius 3 is 0.687 bits per heavy atom. The van der Waals surface area contributed by atoms with Crippen LogP contribution in [0.4, 0.5) is 0 Å². The molecule has 0 aliphatic heterocycles. The van der Waals surface area contributed by atoms with Gasteiger partial charge in [-0.15, -0.1) is 0 Å². The molecule has 0 spiro atoms. The maximum atomic E-state index is 4.92. The molecular weight excluding hydrogens is 1140 g/mol. The van der Waals surface area contributed by atoms with Gasteiger partial charge in [-0.05, 0) is 85.6 Å². The van der Waals surface area contributed by atoms with E-state index < -0.39 is 63.5 Å². The van der Waals surface area contributed by atoms with Crippen LogP contribution in [0.15, 0.2) is 243 Å². The molecule has 8 aromatic rings. The van der Waals surface area contributed by atoms with Gasteiger partial charge in [0.25, 0.3) is 0 Å². The molecular formula is C58H64Cl2P6Re+4. The maximum absolute atomic E-state index is 4.92. The Morgan fingerprint density at radius 1 is 0.269 bits per heavy atom. The van der Waals surface area contributed by atoms with E-state index in [1.807, 2.05) is 0 Å². The van der Waals surface area contributed by atoms with Crippen LogP contribution in [0.3, 0.4) is 0 Å². The molecule has 67 heavy (non-hydrogen) atoms. The topological polar surface area (TPSA) is 0 Å². The standard InChI is InChI=1S/C58H60P6.2ClH.Re/c1-9-25-51(26-10-1)61(52-27-11-2-12-28-52)47-43-59(44-48-62(53-29-13-3-14-30-53)54-31-15-4-16-32-54)41-42-60(45-49-63(55-33-17-5-18-34-55)56-35-19-6-20-36-56)46-50-64(57-37-21-7-22-38-57)58-39-23-8-24-40-58;;;/h1-40H,41-50H2;2*1H;/q;;;+2/p+2. The first-order valence-corrected chi connectivity index (χ1v) is 40.9. The zero-order chi connectivity index (χ0) is 46.1. The molecule has 2 unspecified atom stereocenters. The van der Waals surface area contributed by atoms with Crippen LogP contribution in [0.2, 0.25) is 0 Å². The van der Waals surface area contributed by atoms with Gasteiger partial charge in [-0.25, -0.2) is 0 Å². The second-order valence-electron chi connectivity index (χ2n) is 16.6. The molecule has 0 nitrogen and oxygen atoms in total. The Hall–Kier alpha value is -2.42. The minimum absolute atomic E-state index is 0.408. The molecule has 0 radical (unpaired) electrons. The molecule has 8 rings (SSSR count). The molecule has 9 heteroatoms. The van der Waals surface area contributed by atoms with Gasteiger partial charge in [0.2, 0.25) is 0 Å². The fourth-order valence-corrected chi connectivity index (χ4v) is 30.4. The third-order valence-electron chi connectivity index (χ3n) is 12.4. The van der Waals surface area contributed by atoms with Gasteiger partial charge in [0, 0.05) is 28.2 Å². The summed E-state index contributed by atoms with van der Waals surface area (Å²) >= 11 is -0.722. The normalized spacial score (nSPS) is 12.2. The van der Waals surface area contributed by atoms with Crippen molar-refractivity contribution in [3.8, 4) is 0 Å². The van der Waals surface area contributed by atoms with Gasteiger partial charge < -0.3 is 0 Å². The van der Waals surface area contributed by atoms with Crippen molar-refractivity contribution in [1.29, 1.82) is 0 Å². The molecule has 0 aliphatic carbocycles. The van der Waals surface area contributed by atoms with E-state index in [1.165, 1.54) is 82.8 Å². The van der Waals surface area contributed by atoms with Crippen molar-refractivity contribution in [2.75, 3.05) is 61.6 Å². The minimum Gasteiger partial charge on any atom is -0.0622 e. The number of hydrogen-bond donors (Lipinski definition) is 0. The predicted octanol–water partition coefficient (Wildman–Crippen LogP) is 12.8. The second kappa shape index (κ2) is 30.3. The summed E-state index contributed by atoms with van der Waals surface area (Å²) in [4.78, 5) is 0. The number of rotatable bonds is 23. The van der Waals surface area contributed by atoms with Gasteiger partial charge >= 0.3 is 35.0 Å². The van der Waals surface area contributed by atoms with Crippen molar-refractivity contribution in [3.63, 3.8) is 0 Å². The van der Waals surface area contributed by atoms with Gasteiger partial charge in [-0.1, -0.05) is 194 Å². The van der Waals surface area contributed by atoms with E-state index in [9.17, 15) is 0 Å². The van der Waals surface area contributed by atoms with Crippen molar-refractivity contribution in [2.45, 2.75) is 0 Å². The van der Waals surface area contributed by atoms with Crippen LogP contribution in [0.5, 0.6) is 0 Å². The summed E-state index contributed by atoms with van der Waals surface area (Å²) in [6.07, 6.45) is 13.7. The van der Waals surface area contributed by atoms with Crippen LogP contribution in [-0.4, -0.2) is 61.6 Å². The smallest absolute Gasteiger partial charge is 0.0622 e. The predicted molar refractivity (Wildman–Crippen MR) is 316 cm³/mol. The summed E-state index contributed by atoms with van der Waals surface area (Å²) in [6, 6.07) is 92.1. The summed E-state index contributed by atoms with van der Waals surface area (Å²) in [5.74, 6) is 0. The SMILES string of the molecule is [Cl][Re][Cl].c1ccc(P(CC[PH+](CC[PH+](CCP(c2ccccc2)c2ccccc2)CC[PH+](c2ccccc2)c2ccccc2)CC[PH+](c2ccccc2)c2ccccc2)c2ccccc2)cc1. The Bertz CT molecular complexity index is 1990. The molecule has 343 valence electrons. The van der Waals surface area contributed by atoms with Gasteiger partial charge in [-0.3, -0.25) is 0 Å². The summed E-state index contributed by atoms with van der Waals surface area (Å²) in [5.41, 5.74) is 0. The molecule has 2 atom stereocenters. The van der Waals surface area contributed by atoms with Gasteiger partial charge in [0.1, 0.15) is 0 Å². The Labute approximate surface area is 425 Å². The number of hydrogen-bond acceptors (Lipinski definition) is 0. The molecule has 0 saturated carbocycles. The third kappa shape index (κ3) is 17.1. The third-order valence-corrected chi connectivity index (χ3v) is 31.2. The Morgan fingerprint density at radius 2 is 0.463 bits per heavy atom. The van der Waals surface area contributed by atoms with Crippen molar-refractivity contribution >= 4 is 109 Å². The van der Waals surface area contributed by atoms with Gasteiger partial charge in [-0.2, -0.15) is 0 Å². The van der Waals surface area contributed by atoms with E-state index in [4.69, 9.17) is 19.1 Å².